The normalized spacial score (nSPS) is 12.2. The van der Waals surface area contributed by atoms with Crippen LogP contribution >= 0.6 is 0 Å². The van der Waals surface area contributed by atoms with Gasteiger partial charge in [0.25, 0.3) is 11.8 Å². The molecule has 3 aromatic rings. The van der Waals surface area contributed by atoms with Gasteiger partial charge in [-0.25, -0.2) is 4.79 Å². The number of allylic oxidation sites excluding steroid dienone is 2. The minimum atomic E-state index is -0.852. The van der Waals surface area contributed by atoms with Gasteiger partial charge in [0.05, 0.1) is 22.5 Å². The third kappa shape index (κ3) is 9.41. The molecule has 0 aliphatic heterocycles. The number of carbonyl (C=O) groups is 6. The summed E-state index contributed by atoms with van der Waals surface area (Å²) in [5.41, 5.74) is 2.33. The summed E-state index contributed by atoms with van der Waals surface area (Å²) in [6, 6.07) is 16.8. The molecule has 0 saturated carbocycles. The molecule has 0 unspecified atom stereocenters. The van der Waals surface area contributed by atoms with Crippen LogP contribution in [-0.2, 0) is 22.7 Å². The molecule has 0 fully saturated rings. The Morgan fingerprint density at radius 2 is 1.33 bits per heavy atom. The van der Waals surface area contributed by atoms with Gasteiger partial charge in [0, 0.05) is 45.2 Å². The van der Waals surface area contributed by atoms with Crippen molar-refractivity contribution in [1.82, 2.24) is 14.9 Å². The number of hydrogen-bond donors (Lipinski definition) is 2. The summed E-state index contributed by atoms with van der Waals surface area (Å²) in [4.78, 5) is 78.3. The van der Waals surface area contributed by atoms with E-state index in [1.54, 1.807) is 49.5 Å². The van der Waals surface area contributed by atoms with Gasteiger partial charge in [-0.1, -0.05) is 48.5 Å². The molecule has 1 aliphatic carbocycles. The number of ketones is 2. The Hall–Kier alpha value is -5.92. The zero-order valence-electron chi connectivity index (χ0n) is 29.1. The minimum Gasteiger partial charge on any atom is -0.445 e. The number of amides is 4. The second-order valence-corrected chi connectivity index (χ2v) is 12.2. The van der Waals surface area contributed by atoms with Gasteiger partial charge < -0.3 is 14.5 Å². The van der Waals surface area contributed by atoms with Crippen LogP contribution in [0.2, 0.25) is 0 Å². The summed E-state index contributed by atoms with van der Waals surface area (Å²) in [6.45, 7) is 4.19. The Morgan fingerprint density at radius 1 is 0.686 bits per heavy atom. The highest BCUT2D eigenvalue weighted by Crippen LogP contribution is 2.24. The lowest BCUT2D eigenvalue weighted by atomic mass is 9.99. The largest absolute Gasteiger partial charge is 0.445 e. The van der Waals surface area contributed by atoms with Crippen LogP contribution in [0.15, 0.2) is 90.2 Å². The lowest BCUT2D eigenvalue weighted by Crippen LogP contribution is -2.30. The van der Waals surface area contributed by atoms with Gasteiger partial charge in [-0.2, -0.15) is 10.1 Å². The van der Waals surface area contributed by atoms with E-state index in [0.29, 0.717) is 40.6 Å². The second kappa shape index (κ2) is 16.7. The van der Waals surface area contributed by atoms with Crippen LogP contribution < -0.4 is 5.06 Å². The molecule has 0 radical (unpaired) electrons. The van der Waals surface area contributed by atoms with E-state index >= 15 is 0 Å². The number of rotatable bonds is 12. The van der Waals surface area contributed by atoms with E-state index in [1.165, 1.54) is 74.0 Å². The highest BCUT2D eigenvalue weighted by molar-refractivity contribution is 6.12. The highest BCUT2D eigenvalue weighted by atomic mass is 16.6. The summed E-state index contributed by atoms with van der Waals surface area (Å²) < 4.78 is 5.47. The molecule has 0 atom stereocenters. The molecule has 266 valence electrons. The van der Waals surface area contributed by atoms with E-state index in [-0.39, 0.29) is 58.5 Å². The van der Waals surface area contributed by atoms with Gasteiger partial charge in [0.1, 0.15) is 6.61 Å². The molecule has 0 saturated heterocycles. The molecule has 2 N–H and O–H groups in total. The average molecular weight is 697 g/mol. The van der Waals surface area contributed by atoms with E-state index in [1.807, 2.05) is 0 Å². The van der Waals surface area contributed by atoms with Gasteiger partial charge in [-0.15, -0.1) is 0 Å². The third-order valence-electron chi connectivity index (χ3n) is 8.26. The van der Waals surface area contributed by atoms with Crippen molar-refractivity contribution in [3.63, 3.8) is 0 Å². The molecule has 4 amide bonds. The summed E-state index contributed by atoms with van der Waals surface area (Å²) in [6.07, 6.45) is 3.79. The molecular weight excluding hydrogens is 656 g/mol. The molecular formula is C38H40N4O9. The van der Waals surface area contributed by atoms with Crippen molar-refractivity contribution in [3.05, 3.63) is 124 Å². The molecule has 0 aromatic heterocycles. The Kier molecular flexibility index (Phi) is 12.4. The monoisotopic (exact) mass is 696 g/mol. The molecule has 3 aromatic carbocycles. The molecule has 0 bridgehead atoms. The summed E-state index contributed by atoms with van der Waals surface area (Å²) >= 11 is 0. The minimum absolute atomic E-state index is 0.0396. The third-order valence-corrected chi connectivity index (χ3v) is 8.26. The topological polar surface area (TPSA) is 165 Å². The number of ether oxygens (including phenoxy) is 1. The van der Waals surface area contributed by atoms with Crippen LogP contribution in [0.5, 0.6) is 0 Å². The zero-order chi connectivity index (χ0) is 37.4. The summed E-state index contributed by atoms with van der Waals surface area (Å²) in [7, 11) is 3.15. The number of benzene rings is 3. The van der Waals surface area contributed by atoms with Crippen LogP contribution in [0.1, 0.15) is 86.2 Å². The van der Waals surface area contributed by atoms with Gasteiger partial charge in [-0.05, 0) is 73.7 Å². The quantitative estimate of drug-likeness (QED) is 0.135. The van der Waals surface area contributed by atoms with Gasteiger partial charge in [-0.3, -0.25) is 34.4 Å². The van der Waals surface area contributed by atoms with E-state index in [0.717, 1.165) is 5.57 Å². The van der Waals surface area contributed by atoms with Crippen molar-refractivity contribution in [2.75, 3.05) is 25.7 Å². The van der Waals surface area contributed by atoms with E-state index in [2.05, 4.69) is 0 Å². The number of carbonyl (C=O) groups excluding carboxylic acids is 6. The Morgan fingerprint density at radius 3 is 2.00 bits per heavy atom. The first kappa shape index (κ1) is 37.9. The van der Waals surface area contributed by atoms with Gasteiger partial charge >= 0.3 is 6.09 Å². The number of hydroxylamine groups is 3. The van der Waals surface area contributed by atoms with Crippen LogP contribution in [-0.4, -0.2) is 81.3 Å². The summed E-state index contributed by atoms with van der Waals surface area (Å²) in [5.74, 6) is -2.49. The second-order valence-electron chi connectivity index (χ2n) is 12.2. The van der Waals surface area contributed by atoms with Crippen LogP contribution in [0.4, 0.5) is 10.5 Å². The van der Waals surface area contributed by atoms with Gasteiger partial charge in [0.15, 0.2) is 11.6 Å². The van der Waals surface area contributed by atoms with Crippen LogP contribution in [0.3, 0.4) is 0 Å². The highest BCUT2D eigenvalue weighted by Gasteiger charge is 2.25. The van der Waals surface area contributed by atoms with Crippen molar-refractivity contribution in [3.8, 4) is 0 Å². The maximum absolute atomic E-state index is 13.5. The molecule has 13 heteroatoms. The Bertz CT molecular complexity index is 1930. The van der Waals surface area contributed by atoms with E-state index in [9.17, 15) is 39.2 Å². The SMILES string of the molecule is CC(=O)c1ccc(COC(=O)N(C)Cc2cccc(N(O)C(=O)c3ccccc3C(C)=O)c2)cc1C(=O)N(O)C1=CCCC(CN(C)C(C)=O)=C1. The fraction of sp³-hybridized carbons (Fsp3) is 0.263. The molecule has 13 nitrogen and oxygen atoms in total. The zero-order valence-corrected chi connectivity index (χ0v) is 29.1. The van der Waals surface area contributed by atoms with E-state index < -0.39 is 23.7 Å². The molecule has 0 spiro atoms. The maximum Gasteiger partial charge on any atom is 0.410 e. The number of nitrogens with zero attached hydrogens (tertiary/aromatic N) is 4. The lowest BCUT2D eigenvalue weighted by molar-refractivity contribution is -0.127. The van der Waals surface area contributed by atoms with E-state index in [4.69, 9.17) is 4.74 Å². The first-order valence-electron chi connectivity index (χ1n) is 16.1. The number of likely N-dealkylation sites (N-methyl/N-ethyl adjacent to an activating group) is 1. The first-order chi connectivity index (χ1) is 24.2. The first-order valence-corrected chi connectivity index (χ1v) is 16.1. The van der Waals surface area contributed by atoms with Crippen molar-refractivity contribution < 1.29 is 43.9 Å². The number of Topliss-reactive ketones (excluding diaryl/α,β-unsaturated/α-hetero) is 2. The molecule has 1 aliphatic rings. The predicted octanol–water partition coefficient (Wildman–Crippen LogP) is 5.81. The molecule has 4 rings (SSSR count). The van der Waals surface area contributed by atoms with Crippen molar-refractivity contribution in [2.45, 2.75) is 46.8 Å². The smallest absolute Gasteiger partial charge is 0.410 e. The van der Waals surface area contributed by atoms with Crippen molar-refractivity contribution >= 4 is 41.1 Å². The lowest BCUT2D eigenvalue weighted by Gasteiger charge is -2.24. The van der Waals surface area contributed by atoms with Crippen LogP contribution in [0, 0.1) is 0 Å². The van der Waals surface area contributed by atoms with Gasteiger partial charge in [0.2, 0.25) is 5.91 Å². The van der Waals surface area contributed by atoms with Crippen molar-refractivity contribution in [2.24, 2.45) is 0 Å². The maximum atomic E-state index is 13.5. The molecule has 0 heterocycles. The Labute approximate surface area is 295 Å². The fourth-order valence-corrected chi connectivity index (χ4v) is 5.42. The number of hydrogen-bond acceptors (Lipinski definition) is 9. The number of anilines is 1. The van der Waals surface area contributed by atoms with Crippen molar-refractivity contribution in [1.29, 1.82) is 0 Å². The van der Waals surface area contributed by atoms with Crippen LogP contribution in [0.25, 0.3) is 0 Å². The predicted molar refractivity (Wildman–Crippen MR) is 186 cm³/mol. The summed E-state index contributed by atoms with van der Waals surface area (Å²) in [5, 5.41) is 22.5. The fourth-order valence-electron chi connectivity index (χ4n) is 5.42. The standard InChI is InChI=1S/C38H40N4O9/c1-24(43)32-14-6-7-15-34(32)36(46)41(49)30-12-9-11-28(19-30)22-40(5)38(48)51-23-29-16-17-33(25(2)44)35(20-29)37(47)42(50)31-13-8-10-27(18-31)21-39(4)26(3)45/h6-7,9,11-20,49-50H,8,10,21-23H2,1-5H3. The Balaban J connectivity index is 1.43. The molecule has 51 heavy (non-hydrogen) atoms. The average Bonchev–Trinajstić information content (AvgIpc) is 3.12.